The summed E-state index contributed by atoms with van der Waals surface area (Å²) in [5, 5.41) is 14.0. The molecule has 0 fully saturated rings. The van der Waals surface area contributed by atoms with E-state index in [1.54, 1.807) is 12.1 Å². The molecule has 28 heavy (non-hydrogen) atoms. The van der Waals surface area contributed by atoms with Crippen molar-refractivity contribution in [2.24, 2.45) is 0 Å². The van der Waals surface area contributed by atoms with Crippen LogP contribution < -0.4 is 10.6 Å². The number of rotatable bonds is 6. The van der Waals surface area contributed by atoms with Gasteiger partial charge in [0.15, 0.2) is 9.84 Å². The average molecular weight is 425 g/mol. The van der Waals surface area contributed by atoms with Gasteiger partial charge in [0.1, 0.15) is 5.75 Å². The Morgan fingerprint density at radius 3 is 2.29 bits per heavy atom. The van der Waals surface area contributed by atoms with Gasteiger partial charge in [0.2, 0.25) is 11.8 Å². The van der Waals surface area contributed by atoms with Gasteiger partial charge in [-0.05, 0) is 32.0 Å². The number of amides is 2. The summed E-state index contributed by atoms with van der Waals surface area (Å²) in [7, 11) is -3.67. The second kappa shape index (κ2) is 8.62. The Bertz CT molecular complexity index is 1000. The van der Waals surface area contributed by atoms with Crippen molar-refractivity contribution in [2.75, 3.05) is 10.6 Å². The van der Waals surface area contributed by atoms with Gasteiger partial charge < -0.3 is 15.7 Å². The molecule has 150 valence electrons. The van der Waals surface area contributed by atoms with Crippen LogP contribution in [-0.4, -0.2) is 30.6 Å². The zero-order valence-electron chi connectivity index (χ0n) is 15.6. The number of benzene rings is 2. The van der Waals surface area contributed by atoms with Crippen LogP contribution in [0.5, 0.6) is 5.75 Å². The van der Waals surface area contributed by atoms with Crippen molar-refractivity contribution in [3.8, 4) is 5.75 Å². The first-order valence-electron chi connectivity index (χ1n) is 8.41. The van der Waals surface area contributed by atoms with Crippen LogP contribution in [0.15, 0.2) is 41.3 Å². The van der Waals surface area contributed by atoms with Crippen molar-refractivity contribution < 1.29 is 23.1 Å². The van der Waals surface area contributed by atoms with Gasteiger partial charge in [-0.25, -0.2) is 8.42 Å². The Morgan fingerprint density at radius 2 is 1.71 bits per heavy atom. The highest BCUT2D eigenvalue weighted by atomic mass is 35.5. The maximum Gasteiger partial charge on any atom is 0.225 e. The number of anilines is 2. The topological polar surface area (TPSA) is 113 Å². The third kappa shape index (κ3) is 5.24. The molecule has 0 bridgehead atoms. The zero-order valence-corrected chi connectivity index (χ0v) is 17.2. The third-order valence-electron chi connectivity index (χ3n) is 4.02. The van der Waals surface area contributed by atoms with Crippen LogP contribution in [0.3, 0.4) is 0 Å². The summed E-state index contributed by atoms with van der Waals surface area (Å²) in [6.45, 7) is 4.58. The van der Waals surface area contributed by atoms with Crippen LogP contribution >= 0.6 is 11.6 Å². The standard InChI is InChI=1S/C19H21ClN2O5S/c1-11-4-6-14(7-5-11)28(26,27)12(2)8-19(25)22-16-10-18(24)17(9-15(16)20)21-13(3)23/h4-7,9-10,12,24H,8H2,1-3H3,(H,21,23)(H,22,25). The maximum absolute atomic E-state index is 12.6. The summed E-state index contributed by atoms with van der Waals surface area (Å²) in [5.41, 5.74) is 1.14. The molecule has 2 aromatic rings. The number of phenols is 1. The summed E-state index contributed by atoms with van der Waals surface area (Å²) >= 11 is 6.07. The molecule has 0 saturated heterocycles. The maximum atomic E-state index is 12.6. The molecule has 2 rings (SSSR count). The van der Waals surface area contributed by atoms with Crippen molar-refractivity contribution in [1.82, 2.24) is 0 Å². The fraction of sp³-hybridized carbons (Fsp3) is 0.263. The molecule has 0 radical (unpaired) electrons. The third-order valence-corrected chi connectivity index (χ3v) is 6.49. The number of aryl methyl sites for hydroxylation is 1. The lowest BCUT2D eigenvalue weighted by Crippen LogP contribution is -2.25. The molecule has 7 nitrogen and oxygen atoms in total. The molecule has 0 aliphatic carbocycles. The molecule has 1 atom stereocenters. The fourth-order valence-electron chi connectivity index (χ4n) is 2.48. The van der Waals surface area contributed by atoms with Gasteiger partial charge in [-0.15, -0.1) is 0 Å². The Labute approximate surface area is 168 Å². The van der Waals surface area contributed by atoms with Crippen LogP contribution in [0.1, 0.15) is 25.8 Å². The van der Waals surface area contributed by atoms with E-state index in [9.17, 15) is 23.1 Å². The van der Waals surface area contributed by atoms with Crippen molar-refractivity contribution in [1.29, 1.82) is 0 Å². The molecule has 0 spiro atoms. The lowest BCUT2D eigenvalue weighted by molar-refractivity contribution is -0.116. The van der Waals surface area contributed by atoms with Crippen molar-refractivity contribution in [2.45, 2.75) is 37.3 Å². The van der Waals surface area contributed by atoms with E-state index in [1.165, 1.54) is 38.1 Å². The summed E-state index contributed by atoms with van der Waals surface area (Å²) in [6, 6.07) is 8.88. The first-order chi connectivity index (χ1) is 13.0. The molecule has 0 aliphatic rings. The molecule has 3 N–H and O–H groups in total. The van der Waals surface area contributed by atoms with Gasteiger partial charge in [-0.2, -0.15) is 0 Å². The Balaban J connectivity index is 2.12. The van der Waals surface area contributed by atoms with E-state index in [0.717, 1.165) is 5.56 Å². The van der Waals surface area contributed by atoms with Crippen LogP contribution in [-0.2, 0) is 19.4 Å². The van der Waals surface area contributed by atoms with Crippen LogP contribution in [0.2, 0.25) is 5.02 Å². The fourth-order valence-corrected chi connectivity index (χ4v) is 4.04. The number of aromatic hydroxyl groups is 1. The van der Waals surface area contributed by atoms with Gasteiger partial charge in [0.05, 0.1) is 26.5 Å². The minimum absolute atomic E-state index is 0.0870. The molecule has 0 aromatic heterocycles. The largest absolute Gasteiger partial charge is 0.506 e. The normalized spacial score (nSPS) is 12.3. The van der Waals surface area contributed by atoms with Gasteiger partial charge in [-0.1, -0.05) is 29.3 Å². The lowest BCUT2D eigenvalue weighted by Gasteiger charge is -2.15. The highest BCUT2D eigenvalue weighted by molar-refractivity contribution is 7.92. The Kier molecular flexibility index (Phi) is 6.69. The van der Waals surface area contributed by atoms with Gasteiger partial charge in [0, 0.05) is 19.4 Å². The summed E-state index contributed by atoms with van der Waals surface area (Å²) in [5.74, 6) is -1.25. The monoisotopic (exact) mass is 424 g/mol. The number of phenolic OH excluding ortho intramolecular Hbond substituents is 1. The minimum atomic E-state index is -3.67. The quantitative estimate of drug-likeness (QED) is 0.614. The number of hydrogen-bond donors (Lipinski definition) is 3. The first-order valence-corrected chi connectivity index (χ1v) is 10.3. The summed E-state index contributed by atoms with van der Waals surface area (Å²) < 4.78 is 25.2. The molecular weight excluding hydrogens is 404 g/mol. The van der Waals surface area contributed by atoms with E-state index in [2.05, 4.69) is 10.6 Å². The zero-order chi connectivity index (χ0) is 21.1. The summed E-state index contributed by atoms with van der Waals surface area (Å²) in [4.78, 5) is 23.5. The van der Waals surface area contributed by atoms with Crippen LogP contribution in [0.25, 0.3) is 0 Å². The predicted molar refractivity (Wildman–Crippen MR) is 108 cm³/mol. The van der Waals surface area contributed by atoms with Gasteiger partial charge in [0.25, 0.3) is 0 Å². The SMILES string of the molecule is CC(=O)Nc1cc(Cl)c(NC(=O)CC(C)S(=O)(=O)c2ccc(C)cc2)cc1O. The number of carbonyl (C=O) groups excluding carboxylic acids is 2. The molecule has 1 unspecified atom stereocenters. The molecule has 9 heteroatoms. The molecular formula is C19H21ClN2O5S. The molecule has 0 aliphatic heterocycles. The van der Waals surface area contributed by atoms with Gasteiger partial charge in [-0.3, -0.25) is 9.59 Å². The molecule has 2 aromatic carbocycles. The van der Waals surface area contributed by atoms with E-state index >= 15 is 0 Å². The highest BCUT2D eigenvalue weighted by Crippen LogP contribution is 2.34. The van der Waals surface area contributed by atoms with E-state index in [1.807, 2.05) is 6.92 Å². The minimum Gasteiger partial charge on any atom is -0.506 e. The van der Waals surface area contributed by atoms with E-state index in [0.29, 0.717) is 0 Å². The van der Waals surface area contributed by atoms with Crippen LogP contribution in [0.4, 0.5) is 11.4 Å². The van der Waals surface area contributed by atoms with E-state index in [-0.39, 0.29) is 33.5 Å². The van der Waals surface area contributed by atoms with Crippen molar-refractivity contribution in [3.05, 3.63) is 47.0 Å². The smallest absolute Gasteiger partial charge is 0.225 e. The number of sulfone groups is 1. The number of hydrogen-bond acceptors (Lipinski definition) is 5. The first kappa shape index (κ1) is 21.7. The van der Waals surface area contributed by atoms with Crippen molar-refractivity contribution >= 4 is 44.6 Å². The molecule has 0 heterocycles. The number of nitrogens with one attached hydrogen (secondary N) is 2. The predicted octanol–water partition coefficient (Wildman–Crippen LogP) is 3.50. The van der Waals surface area contributed by atoms with Gasteiger partial charge >= 0.3 is 0 Å². The Morgan fingerprint density at radius 1 is 1.11 bits per heavy atom. The van der Waals surface area contributed by atoms with Crippen molar-refractivity contribution in [3.63, 3.8) is 0 Å². The Hall–Kier alpha value is -2.58. The van der Waals surface area contributed by atoms with E-state index < -0.39 is 26.9 Å². The summed E-state index contributed by atoms with van der Waals surface area (Å²) in [6.07, 6.45) is -0.291. The van der Waals surface area contributed by atoms with Crippen LogP contribution in [0, 0.1) is 6.92 Å². The van der Waals surface area contributed by atoms with E-state index in [4.69, 9.17) is 11.6 Å². The number of halogens is 1. The number of carbonyl (C=O) groups is 2. The molecule has 2 amide bonds. The second-order valence-electron chi connectivity index (χ2n) is 6.45. The average Bonchev–Trinajstić information content (AvgIpc) is 2.59. The highest BCUT2D eigenvalue weighted by Gasteiger charge is 2.26. The second-order valence-corrected chi connectivity index (χ2v) is 9.22. The lowest BCUT2D eigenvalue weighted by atomic mass is 10.2. The molecule has 0 saturated carbocycles.